The summed E-state index contributed by atoms with van der Waals surface area (Å²) in [6.45, 7) is 7.62. The van der Waals surface area contributed by atoms with Gasteiger partial charge in [0.1, 0.15) is 5.75 Å². The summed E-state index contributed by atoms with van der Waals surface area (Å²) in [4.78, 5) is 2.30. The van der Waals surface area contributed by atoms with Gasteiger partial charge in [0.05, 0.1) is 6.61 Å². The average Bonchev–Trinajstić information content (AvgIpc) is 2.31. The normalized spacial score (nSPS) is 12.8. The molecule has 0 bridgehead atoms. The summed E-state index contributed by atoms with van der Waals surface area (Å²) in [7, 11) is 2.13. The smallest absolute Gasteiger partial charge is 0.119 e. The maximum Gasteiger partial charge on any atom is 0.119 e. The second kappa shape index (κ2) is 7.30. The average molecular weight is 236 g/mol. The molecule has 17 heavy (non-hydrogen) atoms. The highest BCUT2D eigenvalue weighted by Gasteiger charge is 2.05. The van der Waals surface area contributed by atoms with Gasteiger partial charge in [-0.3, -0.25) is 0 Å². The second-order valence-electron chi connectivity index (χ2n) is 4.61. The van der Waals surface area contributed by atoms with Gasteiger partial charge in [-0.25, -0.2) is 0 Å². The molecule has 1 unspecified atom stereocenters. The van der Waals surface area contributed by atoms with Gasteiger partial charge in [-0.05, 0) is 44.1 Å². The van der Waals surface area contributed by atoms with Crippen LogP contribution in [0.1, 0.15) is 19.4 Å². The van der Waals surface area contributed by atoms with Gasteiger partial charge in [-0.2, -0.15) is 0 Å². The van der Waals surface area contributed by atoms with Gasteiger partial charge in [-0.15, -0.1) is 0 Å². The zero-order chi connectivity index (χ0) is 12.7. The van der Waals surface area contributed by atoms with Crippen molar-refractivity contribution in [1.29, 1.82) is 0 Å². The van der Waals surface area contributed by atoms with Crippen LogP contribution in [-0.2, 0) is 6.54 Å². The highest BCUT2D eigenvalue weighted by atomic mass is 16.5. The molecule has 0 saturated carbocycles. The summed E-state index contributed by atoms with van der Waals surface area (Å²) in [6, 6.07) is 8.29. The molecule has 0 saturated heterocycles. The molecule has 0 heterocycles. The van der Waals surface area contributed by atoms with Gasteiger partial charge in [0.15, 0.2) is 0 Å². The summed E-state index contributed by atoms with van der Waals surface area (Å²) in [5.74, 6) is 1.48. The zero-order valence-corrected chi connectivity index (χ0v) is 11.1. The number of nitrogens with zero attached hydrogens (tertiary/aromatic N) is 1. The van der Waals surface area contributed by atoms with Crippen LogP contribution in [0.5, 0.6) is 5.75 Å². The molecule has 0 aliphatic rings. The summed E-state index contributed by atoms with van der Waals surface area (Å²) in [6.07, 6.45) is 0. The van der Waals surface area contributed by atoms with Gasteiger partial charge in [0.25, 0.3) is 0 Å². The van der Waals surface area contributed by atoms with E-state index >= 15 is 0 Å². The minimum atomic E-state index is 0.544. The number of nitrogens with two attached hydrogens (primary N) is 1. The number of ether oxygens (including phenoxy) is 1. The van der Waals surface area contributed by atoms with Crippen LogP contribution >= 0.6 is 0 Å². The molecule has 96 valence electrons. The Hall–Kier alpha value is -1.06. The Balaban J connectivity index is 2.45. The third-order valence-corrected chi connectivity index (χ3v) is 2.71. The molecule has 0 aliphatic carbocycles. The standard InChI is InChI=1S/C14H24N2O/c1-4-17-14-7-5-13(6-8-14)11-16(3)10-12(2)9-15/h5-8,12H,4,9-11,15H2,1-3H3. The highest BCUT2D eigenvalue weighted by Crippen LogP contribution is 2.13. The van der Waals surface area contributed by atoms with Crippen LogP contribution in [0.3, 0.4) is 0 Å². The van der Waals surface area contributed by atoms with Crippen molar-refractivity contribution in [3.05, 3.63) is 29.8 Å². The maximum atomic E-state index is 5.62. The SMILES string of the molecule is CCOc1ccc(CN(C)CC(C)CN)cc1. The summed E-state index contributed by atoms with van der Waals surface area (Å²) in [5.41, 5.74) is 6.93. The van der Waals surface area contributed by atoms with Gasteiger partial charge < -0.3 is 15.4 Å². The van der Waals surface area contributed by atoms with Crippen molar-refractivity contribution in [3.8, 4) is 5.75 Å². The summed E-state index contributed by atoms with van der Waals surface area (Å²) < 4.78 is 5.42. The van der Waals surface area contributed by atoms with Gasteiger partial charge in [-0.1, -0.05) is 19.1 Å². The molecule has 0 aromatic heterocycles. The van der Waals surface area contributed by atoms with E-state index in [1.54, 1.807) is 0 Å². The lowest BCUT2D eigenvalue weighted by Crippen LogP contribution is -2.28. The molecule has 2 N–H and O–H groups in total. The summed E-state index contributed by atoms with van der Waals surface area (Å²) >= 11 is 0. The fourth-order valence-corrected chi connectivity index (χ4v) is 1.84. The lowest BCUT2D eigenvalue weighted by Gasteiger charge is -2.20. The molecule has 1 atom stereocenters. The minimum Gasteiger partial charge on any atom is -0.494 e. The number of hydrogen-bond donors (Lipinski definition) is 1. The summed E-state index contributed by atoms with van der Waals surface area (Å²) in [5, 5.41) is 0. The van der Waals surface area contributed by atoms with Crippen molar-refractivity contribution in [1.82, 2.24) is 4.90 Å². The van der Waals surface area contributed by atoms with Gasteiger partial charge in [0, 0.05) is 13.1 Å². The Morgan fingerprint density at radius 1 is 1.29 bits per heavy atom. The van der Waals surface area contributed by atoms with Crippen LogP contribution in [-0.4, -0.2) is 31.6 Å². The Morgan fingerprint density at radius 3 is 2.47 bits per heavy atom. The van der Waals surface area contributed by atoms with Crippen LogP contribution in [0, 0.1) is 5.92 Å². The number of rotatable bonds is 7. The van der Waals surface area contributed by atoms with Crippen molar-refractivity contribution >= 4 is 0 Å². The van der Waals surface area contributed by atoms with E-state index in [1.165, 1.54) is 5.56 Å². The van der Waals surface area contributed by atoms with E-state index in [2.05, 4.69) is 31.0 Å². The lowest BCUT2D eigenvalue weighted by molar-refractivity contribution is 0.281. The van der Waals surface area contributed by atoms with E-state index in [9.17, 15) is 0 Å². The molecule has 0 spiro atoms. The third-order valence-electron chi connectivity index (χ3n) is 2.71. The first kappa shape index (κ1) is 14.0. The quantitative estimate of drug-likeness (QED) is 0.788. The maximum absolute atomic E-state index is 5.62. The van der Waals surface area contributed by atoms with Gasteiger partial charge in [0.2, 0.25) is 0 Å². The molecule has 1 aromatic rings. The molecule has 0 fully saturated rings. The largest absolute Gasteiger partial charge is 0.494 e. The molecule has 3 nitrogen and oxygen atoms in total. The first-order valence-electron chi connectivity index (χ1n) is 6.26. The minimum absolute atomic E-state index is 0.544. The lowest BCUT2D eigenvalue weighted by atomic mass is 10.1. The predicted molar refractivity (Wildman–Crippen MR) is 72.2 cm³/mol. The van der Waals surface area contributed by atoms with Crippen LogP contribution in [0.15, 0.2) is 24.3 Å². The molecule has 1 rings (SSSR count). The highest BCUT2D eigenvalue weighted by molar-refractivity contribution is 5.27. The third kappa shape index (κ3) is 5.20. The Labute approximate surface area is 105 Å². The Bertz CT molecular complexity index is 311. The van der Waals surface area contributed by atoms with Crippen LogP contribution < -0.4 is 10.5 Å². The molecule has 1 aromatic carbocycles. The molecular formula is C14H24N2O. The molecule has 0 radical (unpaired) electrons. The van der Waals surface area contributed by atoms with Crippen LogP contribution in [0.4, 0.5) is 0 Å². The van der Waals surface area contributed by atoms with E-state index in [4.69, 9.17) is 10.5 Å². The molecule has 3 heteroatoms. The monoisotopic (exact) mass is 236 g/mol. The Kier molecular flexibility index (Phi) is 6.01. The van der Waals surface area contributed by atoms with Gasteiger partial charge >= 0.3 is 0 Å². The fraction of sp³-hybridized carbons (Fsp3) is 0.571. The van der Waals surface area contributed by atoms with Crippen molar-refractivity contribution in [2.24, 2.45) is 11.7 Å². The first-order valence-corrected chi connectivity index (χ1v) is 6.26. The second-order valence-corrected chi connectivity index (χ2v) is 4.61. The van der Waals surface area contributed by atoms with Crippen LogP contribution in [0.2, 0.25) is 0 Å². The van der Waals surface area contributed by atoms with Crippen LogP contribution in [0.25, 0.3) is 0 Å². The molecule has 0 amide bonds. The van der Waals surface area contributed by atoms with Crippen molar-refractivity contribution < 1.29 is 4.74 Å². The topological polar surface area (TPSA) is 38.5 Å². The fourth-order valence-electron chi connectivity index (χ4n) is 1.84. The molecular weight excluding hydrogens is 212 g/mol. The van der Waals surface area contributed by atoms with E-state index in [0.29, 0.717) is 12.5 Å². The van der Waals surface area contributed by atoms with E-state index < -0.39 is 0 Å². The van der Waals surface area contributed by atoms with Crippen molar-refractivity contribution in [2.75, 3.05) is 26.7 Å². The Morgan fingerprint density at radius 2 is 1.94 bits per heavy atom. The van der Waals surface area contributed by atoms with E-state index in [1.807, 2.05) is 19.1 Å². The molecule has 0 aliphatic heterocycles. The predicted octanol–water partition coefficient (Wildman–Crippen LogP) is 2.11. The number of hydrogen-bond acceptors (Lipinski definition) is 3. The van der Waals surface area contributed by atoms with Crippen molar-refractivity contribution in [3.63, 3.8) is 0 Å². The van der Waals surface area contributed by atoms with E-state index in [-0.39, 0.29) is 0 Å². The van der Waals surface area contributed by atoms with E-state index in [0.717, 1.165) is 25.4 Å². The zero-order valence-electron chi connectivity index (χ0n) is 11.1. The number of benzene rings is 1. The van der Waals surface area contributed by atoms with Crippen molar-refractivity contribution in [2.45, 2.75) is 20.4 Å². The first-order chi connectivity index (χ1) is 8.15.